The number of carbonyl (C=O) groups excluding carboxylic acids is 2. The Morgan fingerprint density at radius 1 is 1.00 bits per heavy atom. The van der Waals surface area contributed by atoms with E-state index in [-0.39, 0.29) is 22.4 Å². The predicted molar refractivity (Wildman–Crippen MR) is 125 cm³/mol. The zero-order chi connectivity index (χ0) is 26.0. The zero-order valence-corrected chi connectivity index (χ0v) is 19.1. The Labute approximate surface area is 204 Å². The third-order valence-corrected chi connectivity index (χ3v) is 5.66. The molecule has 0 spiro atoms. The Morgan fingerprint density at radius 3 is 2.36 bits per heavy atom. The van der Waals surface area contributed by atoms with Crippen molar-refractivity contribution in [2.45, 2.75) is 25.6 Å². The fourth-order valence-corrected chi connectivity index (χ4v) is 4.00. The number of carbonyl (C=O) groups is 2. The lowest BCUT2D eigenvalue weighted by Gasteiger charge is -2.26. The molecule has 1 aliphatic heterocycles. The zero-order valence-electron chi connectivity index (χ0n) is 19.1. The highest BCUT2D eigenvalue weighted by atomic mass is 19.4. The number of Topliss-reactive ketones (excluding diaryl/α,β-unsaturated/α-hetero) is 1. The van der Waals surface area contributed by atoms with Crippen LogP contribution in [0.2, 0.25) is 0 Å². The Balaban J connectivity index is 1.90. The summed E-state index contributed by atoms with van der Waals surface area (Å²) in [6, 6.07) is 13.7. The first-order valence-corrected chi connectivity index (χ1v) is 11.1. The van der Waals surface area contributed by atoms with Crippen LogP contribution >= 0.6 is 0 Å². The van der Waals surface area contributed by atoms with Crippen molar-refractivity contribution in [2.75, 3.05) is 11.5 Å². The molecule has 3 aromatic carbocycles. The molecule has 3 aromatic rings. The van der Waals surface area contributed by atoms with Crippen LogP contribution < -0.4 is 9.64 Å². The average Bonchev–Trinajstić information content (AvgIpc) is 3.12. The normalized spacial score (nSPS) is 17.5. The molecule has 1 atom stereocenters. The number of anilines is 1. The van der Waals surface area contributed by atoms with Crippen molar-refractivity contribution in [1.82, 2.24) is 0 Å². The first kappa shape index (κ1) is 25.0. The highest BCUT2D eigenvalue weighted by molar-refractivity contribution is 6.51. The molecule has 1 fully saturated rings. The number of ether oxygens (including phenoxy) is 1. The standard InChI is InChI=1S/C27H21F4NO4/c1-2-13-36-21-8-3-5-17(14-21)24(33)22-23(16-9-11-19(28)12-10-16)32(26(35)25(22)34)20-7-4-6-18(15-20)27(29,30)31/h3-12,14-15,23,33H,2,13H2,1H3/b24-22+. The number of ketones is 1. The molecule has 1 aliphatic rings. The van der Waals surface area contributed by atoms with Crippen molar-refractivity contribution in [3.05, 3.63) is 101 Å². The Morgan fingerprint density at radius 2 is 1.69 bits per heavy atom. The molecule has 1 N–H and O–H groups in total. The number of nitrogens with zero attached hydrogens (tertiary/aromatic N) is 1. The van der Waals surface area contributed by atoms with Gasteiger partial charge in [0.15, 0.2) is 0 Å². The fourth-order valence-electron chi connectivity index (χ4n) is 4.00. The lowest BCUT2D eigenvalue weighted by Crippen LogP contribution is -2.29. The predicted octanol–water partition coefficient (Wildman–Crippen LogP) is 6.26. The first-order valence-electron chi connectivity index (χ1n) is 11.1. The summed E-state index contributed by atoms with van der Waals surface area (Å²) in [6.07, 6.45) is -3.95. The summed E-state index contributed by atoms with van der Waals surface area (Å²) in [4.78, 5) is 27.2. The number of halogens is 4. The van der Waals surface area contributed by atoms with Gasteiger partial charge in [0.25, 0.3) is 11.7 Å². The molecule has 0 aliphatic carbocycles. The summed E-state index contributed by atoms with van der Waals surface area (Å²) in [6.45, 7) is 2.33. The van der Waals surface area contributed by atoms with Gasteiger partial charge in [0.05, 0.1) is 23.8 Å². The van der Waals surface area contributed by atoms with Gasteiger partial charge < -0.3 is 9.84 Å². The molecular weight excluding hydrogens is 478 g/mol. The number of amides is 1. The second-order valence-corrected chi connectivity index (χ2v) is 8.15. The van der Waals surface area contributed by atoms with Crippen molar-refractivity contribution in [3.63, 3.8) is 0 Å². The molecule has 0 saturated carbocycles. The van der Waals surface area contributed by atoms with Crippen LogP contribution in [-0.2, 0) is 15.8 Å². The summed E-state index contributed by atoms with van der Waals surface area (Å²) in [5, 5.41) is 11.2. The Hall–Kier alpha value is -4.14. The van der Waals surface area contributed by atoms with Crippen LogP contribution in [0, 0.1) is 5.82 Å². The van der Waals surface area contributed by atoms with Crippen molar-refractivity contribution in [2.24, 2.45) is 0 Å². The summed E-state index contributed by atoms with van der Waals surface area (Å²) >= 11 is 0. The minimum atomic E-state index is -4.69. The van der Waals surface area contributed by atoms with Crippen molar-refractivity contribution >= 4 is 23.1 Å². The van der Waals surface area contributed by atoms with Crippen LogP contribution in [0.15, 0.2) is 78.4 Å². The molecule has 5 nitrogen and oxygen atoms in total. The van der Waals surface area contributed by atoms with Crippen LogP contribution in [0.4, 0.5) is 23.2 Å². The van der Waals surface area contributed by atoms with Crippen LogP contribution in [0.25, 0.3) is 5.76 Å². The minimum absolute atomic E-state index is 0.178. The molecule has 36 heavy (non-hydrogen) atoms. The molecule has 186 valence electrons. The van der Waals surface area contributed by atoms with Gasteiger partial charge >= 0.3 is 6.18 Å². The van der Waals surface area contributed by atoms with Gasteiger partial charge in [-0.2, -0.15) is 13.2 Å². The van der Waals surface area contributed by atoms with Gasteiger partial charge in [-0.05, 0) is 54.4 Å². The summed E-state index contributed by atoms with van der Waals surface area (Å²) < 4.78 is 59.3. The van der Waals surface area contributed by atoms with Gasteiger partial charge in [0.2, 0.25) is 0 Å². The van der Waals surface area contributed by atoms with Gasteiger partial charge in [0, 0.05) is 11.3 Å². The Kier molecular flexibility index (Phi) is 6.83. The molecule has 0 radical (unpaired) electrons. The molecule has 1 saturated heterocycles. The molecule has 0 bridgehead atoms. The fraction of sp³-hybridized carbons (Fsp3) is 0.185. The number of benzene rings is 3. The maximum Gasteiger partial charge on any atom is 0.416 e. The number of alkyl halides is 3. The van der Waals surface area contributed by atoms with Crippen LogP contribution in [0.5, 0.6) is 5.75 Å². The number of aliphatic hydroxyl groups is 1. The lowest BCUT2D eigenvalue weighted by atomic mass is 9.95. The van der Waals surface area contributed by atoms with E-state index in [2.05, 4.69) is 0 Å². The van der Waals surface area contributed by atoms with Gasteiger partial charge in [-0.25, -0.2) is 4.39 Å². The average molecular weight is 499 g/mol. The van der Waals surface area contributed by atoms with Gasteiger partial charge in [0.1, 0.15) is 17.3 Å². The van der Waals surface area contributed by atoms with Crippen molar-refractivity contribution in [1.29, 1.82) is 0 Å². The Bertz CT molecular complexity index is 1330. The number of hydrogen-bond donors (Lipinski definition) is 1. The SMILES string of the molecule is CCCOc1cccc(/C(O)=C2\C(=O)C(=O)N(c3cccc(C(F)(F)F)c3)C2c2ccc(F)cc2)c1. The monoisotopic (exact) mass is 499 g/mol. The lowest BCUT2D eigenvalue weighted by molar-refractivity contribution is -0.137. The molecular formula is C27H21F4NO4. The van der Waals surface area contributed by atoms with E-state index in [0.29, 0.717) is 12.4 Å². The number of rotatable bonds is 6. The first-order chi connectivity index (χ1) is 17.1. The summed E-state index contributed by atoms with van der Waals surface area (Å²) in [7, 11) is 0. The van der Waals surface area contributed by atoms with E-state index in [4.69, 9.17) is 4.74 Å². The summed E-state index contributed by atoms with van der Waals surface area (Å²) in [5.41, 5.74) is -1.14. The van der Waals surface area contributed by atoms with E-state index < -0.39 is 41.0 Å². The molecule has 1 unspecified atom stereocenters. The van der Waals surface area contributed by atoms with Crippen LogP contribution in [0.1, 0.15) is 36.1 Å². The topological polar surface area (TPSA) is 66.8 Å². The van der Waals surface area contributed by atoms with Crippen LogP contribution in [0.3, 0.4) is 0 Å². The van der Waals surface area contributed by atoms with E-state index >= 15 is 0 Å². The van der Waals surface area contributed by atoms with Crippen molar-refractivity contribution in [3.8, 4) is 5.75 Å². The third kappa shape index (κ3) is 4.82. The summed E-state index contributed by atoms with van der Waals surface area (Å²) in [5.74, 6) is -2.90. The van der Waals surface area contributed by atoms with E-state index in [1.165, 1.54) is 30.3 Å². The molecule has 0 aromatic heterocycles. The second kappa shape index (κ2) is 9.85. The van der Waals surface area contributed by atoms with Crippen molar-refractivity contribution < 1.29 is 37.0 Å². The maximum atomic E-state index is 13.7. The maximum absolute atomic E-state index is 13.7. The van der Waals surface area contributed by atoms with E-state index in [1.54, 1.807) is 12.1 Å². The third-order valence-electron chi connectivity index (χ3n) is 5.66. The van der Waals surface area contributed by atoms with E-state index in [0.717, 1.165) is 41.7 Å². The van der Waals surface area contributed by atoms with E-state index in [1.807, 2.05) is 6.92 Å². The number of aliphatic hydroxyl groups excluding tert-OH is 1. The molecule has 1 amide bonds. The van der Waals surface area contributed by atoms with Gasteiger partial charge in [-0.1, -0.05) is 37.3 Å². The highest BCUT2D eigenvalue weighted by Gasteiger charge is 2.47. The molecule has 9 heteroatoms. The van der Waals surface area contributed by atoms with E-state index in [9.17, 15) is 32.3 Å². The van der Waals surface area contributed by atoms with Gasteiger partial charge in [-0.15, -0.1) is 0 Å². The quantitative estimate of drug-likeness (QED) is 0.188. The second-order valence-electron chi connectivity index (χ2n) is 8.15. The van der Waals surface area contributed by atoms with Crippen LogP contribution in [-0.4, -0.2) is 23.4 Å². The van der Waals surface area contributed by atoms with Gasteiger partial charge in [-0.3, -0.25) is 14.5 Å². The highest BCUT2D eigenvalue weighted by Crippen LogP contribution is 2.43. The molecule has 1 heterocycles. The minimum Gasteiger partial charge on any atom is -0.507 e. The largest absolute Gasteiger partial charge is 0.507 e. The molecule has 4 rings (SSSR count). The smallest absolute Gasteiger partial charge is 0.416 e. The number of hydrogen-bond acceptors (Lipinski definition) is 4.